The molecular weight excluding hydrogens is 212 g/mol. The van der Waals surface area contributed by atoms with Crippen molar-refractivity contribution in [3.63, 3.8) is 0 Å². The number of unbranched alkanes of at least 4 members (excludes halogenated alkanes) is 2. The normalized spacial score (nSPS) is 10.4. The van der Waals surface area contributed by atoms with E-state index in [-0.39, 0.29) is 0 Å². The van der Waals surface area contributed by atoms with E-state index in [1.165, 1.54) is 5.56 Å². The summed E-state index contributed by atoms with van der Waals surface area (Å²) in [6.45, 7) is 3.40. The molecule has 0 heterocycles. The van der Waals surface area contributed by atoms with Crippen molar-refractivity contribution in [3.8, 4) is 0 Å². The van der Waals surface area contributed by atoms with E-state index in [0.717, 1.165) is 32.3 Å². The average molecular weight is 234 g/mol. The zero-order valence-electron chi connectivity index (χ0n) is 10.7. The number of Topliss-reactive ketones (excluding diaryl/α,β-unsaturated/α-hetero) is 1. The molecule has 0 aromatic heterocycles. The minimum absolute atomic E-state index is 0.371. The van der Waals surface area contributed by atoms with Gasteiger partial charge in [0.05, 0.1) is 6.61 Å². The van der Waals surface area contributed by atoms with Crippen LogP contribution in [0.1, 0.15) is 44.6 Å². The molecule has 0 spiro atoms. The van der Waals surface area contributed by atoms with Crippen molar-refractivity contribution < 1.29 is 9.53 Å². The van der Waals surface area contributed by atoms with Gasteiger partial charge in [-0.05, 0) is 18.4 Å². The van der Waals surface area contributed by atoms with Gasteiger partial charge >= 0.3 is 0 Å². The topological polar surface area (TPSA) is 26.3 Å². The van der Waals surface area contributed by atoms with Crippen LogP contribution in [0.2, 0.25) is 0 Å². The Bertz CT molecular complexity index is 306. The molecule has 94 valence electrons. The molecule has 1 aromatic carbocycles. The summed E-state index contributed by atoms with van der Waals surface area (Å²) in [4.78, 5) is 11.1. The van der Waals surface area contributed by atoms with Crippen LogP contribution < -0.4 is 0 Å². The van der Waals surface area contributed by atoms with Gasteiger partial charge < -0.3 is 4.74 Å². The van der Waals surface area contributed by atoms with Crippen LogP contribution in [0.5, 0.6) is 0 Å². The highest BCUT2D eigenvalue weighted by Gasteiger charge is 1.97. The third-order valence-corrected chi connectivity index (χ3v) is 2.75. The summed E-state index contributed by atoms with van der Waals surface area (Å²) in [5, 5.41) is 0. The third kappa shape index (κ3) is 6.90. The summed E-state index contributed by atoms with van der Waals surface area (Å²) < 4.78 is 5.57. The van der Waals surface area contributed by atoms with Crippen LogP contribution in [-0.2, 0) is 16.1 Å². The predicted molar refractivity (Wildman–Crippen MR) is 69.9 cm³/mol. The predicted octanol–water partition coefficient (Wildman–Crippen LogP) is 3.74. The summed E-state index contributed by atoms with van der Waals surface area (Å²) in [5.41, 5.74) is 1.22. The highest BCUT2D eigenvalue weighted by molar-refractivity contribution is 5.77. The van der Waals surface area contributed by atoms with Crippen molar-refractivity contribution in [2.24, 2.45) is 0 Å². The Labute approximate surface area is 104 Å². The number of hydrogen-bond acceptors (Lipinski definition) is 2. The number of carbonyl (C=O) groups excluding carboxylic acids is 1. The van der Waals surface area contributed by atoms with E-state index >= 15 is 0 Å². The van der Waals surface area contributed by atoms with Crippen molar-refractivity contribution in [1.82, 2.24) is 0 Å². The second-order valence-corrected chi connectivity index (χ2v) is 4.24. The smallest absolute Gasteiger partial charge is 0.132 e. The maximum Gasteiger partial charge on any atom is 0.132 e. The largest absolute Gasteiger partial charge is 0.377 e. The Hall–Kier alpha value is -1.15. The molecular formula is C15H22O2. The van der Waals surface area contributed by atoms with E-state index in [1.54, 1.807) is 0 Å². The molecule has 0 atom stereocenters. The second-order valence-electron chi connectivity index (χ2n) is 4.24. The second kappa shape index (κ2) is 8.94. The zero-order valence-corrected chi connectivity index (χ0v) is 10.7. The number of rotatable bonds is 9. The Morgan fingerprint density at radius 1 is 1.12 bits per heavy atom. The minimum Gasteiger partial charge on any atom is -0.377 e. The quantitative estimate of drug-likeness (QED) is 0.608. The number of benzene rings is 1. The molecule has 0 saturated carbocycles. The molecule has 0 amide bonds. The molecule has 17 heavy (non-hydrogen) atoms. The molecule has 0 unspecified atom stereocenters. The van der Waals surface area contributed by atoms with Crippen LogP contribution in [0.25, 0.3) is 0 Å². The van der Waals surface area contributed by atoms with E-state index < -0.39 is 0 Å². The molecule has 2 heteroatoms. The van der Waals surface area contributed by atoms with Crippen molar-refractivity contribution in [1.29, 1.82) is 0 Å². The van der Waals surface area contributed by atoms with E-state index in [9.17, 15) is 4.79 Å². The first-order valence-corrected chi connectivity index (χ1v) is 6.46. The maximum atomic E-state index is 11.1. The molecule has 0 aliphatic heterocycles. The first-order valence-electron chi connectivity index (χ1n) is 6.46. The van der Waals surface area contributed by atoms with E-state index in [4.69, 9.17) is 4.74 Å². The highest BCUT2D eigenvalue weighted by atomic mass is 16.5. The number of ketones is 1. The molecule has 0 aliphatic carbocycles. The van der Waals surface area contributed by atoms with Crippen LogP contribution in [0.3, 0.4) is 0 Å². The summed E-state index contributed by atoms with van der Waals surface area (Å²) in [6, 6.07) is 10.2. The van der Waals surface area contributed by atoms with Gasteiger partial charge in [-0.1, -0.05) is 43.7 Å². The van der Waals surface area contributed by atoms with E-state index in [2.05, 4.69) is 12.1 Å². The summed E-state index contributed by atoms with van der Waals surface area (Å²) >= 11 is 0. The monoisotopic (exact) mass is 234 g/mol. The van der Waals surface area contributed by atoms with Crippen LogP contribution in [0.15, 0.2) is 30.3 Å². The lowest BCUT2D eigenvalue weighted by Gasteiger charge is -2.04. The van der Waals surface area contributed by atoms with E-state index in [1.807, 2.05) is 25.1 Å². The van der Waals surface area contributed by atoms with Crippen LogP contribution >= 0.6 is 0 Å². The van der Waals surface area contributed by atoms with Gasteiger partial charge in [0.25, 0.3) is 0 Å². The van der Waals surface area contributed by atoms with Gasteiger partial charge in [-0.3, -0.25) is 4.79 Å². The Kier molecular flexibility index (Phi) is 7.32. The van der Waals surface area contributed by atoms with Crippen LogP contribution in [0.4, 0.5) is 0 Å². The van der Waals surface area contributed by atoms with Crippen molar-refractivity contribution in [2.75, 3.05) is 6.61 Å². The molecule has 0 fully saturated rings. The molecule has 0 saturated heterocycles. The lowest BCUT2D eigenvalue weighted by Crippen LogP contribution is -1.97. The summed E-state index contributed by atoms with van der Waals surface area (Å²) in [5.74, 6) is 0.371. The molecule has 0 N–H and O–H groups in total. The van der Waals surface area contributed by atoms with Crippen molar-refractivity contribution >= 4 is 5.78 Å². The number of ether oxygens (including phenoxy) is 1. The third-order valence-electron chi connectivity index (χ3n) is 2.75. The lowest BCUT2D eigenvalue weighted by atomic mass is 10.1. The minimum atomic E-state index is 0.371. The van der Waals surface area contributed by atoms with Crippen LogP contribution in [-0.4, -0.2) is 12.4 Å². The fraction of sp³-hybridized carbons (Fsp3) is 0.533. The highest BCUT2D eigenvalue weighted by Crippen LogP contribution is 2.04. The Morgan fingerprint density at radius 2 is 1.88 bits per heavy atom. The van der Waals surface area contributed by atoms with Gasteiger partial charge in [-0.2, -0.15) is 0 Å². The fourth-order valence-electron chi connectivity index (χ4n) is 1.64. The lowest BCUT2D eigenvalue weighted by molar-refractivity contribution is -0.118. The van der Waals surface area contributed by atoms with Gasteiger partial charge in [0.2, 0.25) is 0 Å². The van der Waals surface area contributed by atoms with Gasteiger partial charge in [0.15, 0.2) is 0 Å². The maximum absolute atomic E-state index is 11.1. The summed E-state index contributed by atoms with van der Waals surface area (Å²) in [7, 11) is 0. The molecule has 0 radical (unpaired) electrons. The summed E-state index contributed by atoms with van der Waals surface area (Å²) in [6.07, 6.45) is 4.53. The van der Waals surface area contributed by atoms with Gasteiger partial charge in [-0.25, -0.2) is 0 Å². The number of carbonyl (C=O) groups is 1. The molecule has 0 bridgehead atoms. The Balaban J connectivity index is 1.93. The molecule has 1 rings (SSSR count). The van der Waals surface area contributed by atoms with Gasteiger partial charge in [0.1, 0.15) is 5.78 Å². The SMILES string of the molecule is CCC(=O)CCCCCOCc1ccccc1. The van der Waals surface area contributed by atoms with Crippen molar-refractivity contribution in [2.45, 2.75) is 45.6 Å². The van der Waals surface area contributed by atoms with Gasteiger partial charge in [-0.15, -0.1) is 0 Å². The zero-order chi connectivity index (χ0) is 12.3. The van der Waals surface area contributed by atoms with Crippen LogP contribution in [0, 0.1) is 0 Å². The first kappa shape index (κ1) is 13.9. The number of hydrogen-bond donors (Lipinski definition) is 0. The van der Waals surface area contributed by atoms with Crippen molar-refractivity contribution in [3.05, 3.63) is 35.9 Å². The fourth-order valence-corrected chi connectivity index (χ4v) is 1.64. The molecule has 2 nitrogen and oxygen atoms in total. The van der Waals surface area contributed by atoms with E-state index in [0.29, 0.717) is 18.8 Å². The standard InChI is InChI=1S/C15H22O2/c1-2-15(16)11-7-4-8-12-17-13-14-9-5-3-6-10-14/h3,5-6,9-10H,2,4,7-8,11-13H2,1H3. The average Bonchev–Trinajstić information content (AvgIpc) is 2.38. The molecule has 0 aliphatic rings. The molecule has 1 aromatic rings. The first-order chi connectivity index (χ1) is 8.33. The Morgan fingerprint density at radius 3 is 2.59 bits per heavy atom. The van der Waals surface area contributed by atoms with Gasteiger partial charge in [0, 0.05) is 19.4 Å².